The Morgan fingerprint density at radius 3 is 2.83 bits per heavy atom. The lowest BCUT2D eigenvalue weighted by atomic mass is 9.68. The predicted molar refractivity (Wildman–Crippen MR) is 88.5 cm³/mol. The van der Waals surface area contributed by atoms with E-state index in [2.05, 4.69) is 4.72 Å². The van der Waals surface area contributed by atoms with Crippen molar-refractivity contribution >= 4 is 33.2 Å². The topological polar surface area (TPSA) is 64.6 Å². The molecule has 2 aliphatic rings. The van der Waals surface area contributed by atoms with Gasteiger partial charge in [-0.3, -0.25) is 0 Å². The van der Waals surface area contributed by atoms with Gasteiger partial charge in [0.1, 0.15) is 4.90 Å². The zero-order valence-corrected chi connectivity index (χ0v) is 15.2. The summed E-state index contributed by atoms with van der Waals surface area (Å²) < 4.78 is 39.1. The zero-order chi connectivity index (χ0) is 16.8. The number of methoxy groups -OCH3 is 1. The molecule has 1 aromatic rings. The molecule has 1 aliphatic carbocycles. The average molecular weight is 380 g/mol. The van der Waals surface area contributed by atoms with Crippen LogP contribution in [-0.4, -0.2) is 40.9 Å². The second kappa shape index (κ2) is 6.50. The van der Waals surface area contributed by atoms with Crippen molar-refractivity contribution in [3.05, 3.63) is 27.7 Å². The minimum absolute atomic E-state index is 0.0226. The van der Waals surface area contributed by atoms with Gasteiger partial charge in [0.15, 0.2) is 0 Å². The van der Waals surface area contributed by atoms with Crippen LogP contribution in [0.25, 0.3) is 0 Å². The van der Waals surface area contributed by atoms with Gasteiger partial charge in [-0.25, -0.2) is 13.1 Å². The Morgan fingerprint density at radius 2 is 2.13 bits per heavy atom. The lowest BCUT2D eigenvalue weighted by Crippen LogP contribution is -2.62. The molecule has 1 heterocycles. The summed E-state index contributed by atoms with van der Waals surface area (Å²) in [6.07, 6.45) is 0.927. The van der Waals surface area contributed by atoms with E-state index < -0.39 is 10.0 Å². The lowest BCUT2D eigenvalue weighted by molar-refractivity contribution is -0.0775. The van der Waals surface area contributed by atoms with Gasteiger partial charge in [-0.2, -0.15) is 0 Å². The Morgan fingerprint density at radius 1 is 1.39 bits per heavy atom. The number of ether oxygens (including phenoxy) is 2. The number of sulfonamides is 1. The molecule has 0 radical (unpaired) electrons. The number of fused-ring (bicyclic) bond motifs is 1. The molecule has 2 fully saturated rings. The minimum Gasteiger partial charge on any atom is -0.384 e. The molecule has 0 aromatic heterocycles. The standard InChI is InChI=1S/C15H19Cl2NO4S/c1-8-11(16)3-4-12(13(8)17)23(19,20)18-14-9-5-6-22-15(9)10(14)7-21-2/h3-4,9-10,14-15,18H,5-7H2,1-2H3/t9-,10+,14+,15-/m0/s1. The molecule has 4 atom stereocenters. The van der Waals surface area contributed by atoms with Gasteiger partial charge in [-0.15, -0.1) is 0 Å². The Bertz CT molecular complexity index is 710. The third kappa shape index (κ3) is 3.01. The third-order valence-corrected chi connectivity index (χ3v) is 7.26. The highest BCUT2D eigenvalue weighted by Crippen LogP contribution is 2.44. The number of rotatable bonds is 5. The van der Waals surface area contributed by atoms with Crippen LogP contribution in [0.2, 0.25) is 10.0 Å². The average Bonchev–Trinajstić information content (AvgIpc) is 2.92. The zero-order valence-electron chi connectivity index (χ0n) is 12.9. The summed E-state index contributed by atoms with van der Waals surface area (Å²) >= 11 is 12.2. The van der Waals surface area contributed by atoms with Crippen molar-refractivity contribution in [3.63, 3.8) is 0 Å². The third-order valence-electron chi connectivity index (χ3n) is 4.75. The van der Waals surface area contributed by atoms with Gasteiger partial charge < -0.3 is 9.47 Å². The van der Waals surface area contributed by atoms with Gasteiger partial charge in [-0.05, 0) is 31.0 Å². The summed E-state index contributed by atoms with van der Waals surface area (Å²) in [6, 6.07) is 2.79. The van der Waals surface area contributed by atoms with Gasteiger partial charge in [-0.1, -0.05) is 23.2 Å². The van der Waals surface area contributed by atoms with Gasteiger partial charge in [0.25, 0.3) is 0 Å². The summed E-state index contributed by atoms with van der Waals surface area (Å²) in [6.45, 7) is 2.82. The van der Waals surface area contributed by atoms with Crippen LogP contribution >= 0.6 is 23.2 Å². The molecule has 5 nitrogen and oxygen atoms in total. The number of halogens is 2. The fourth-order valence-electron chi connectivity index (χ4n) is 3.48. The van der Waals surface area contributed by atoms with Crippen molar-refractivity contribution in [2.45, 2.75) is 30.4 Å². The Labute approximate surface area is 146 Å². The van der Waals surface area contributed by atoms with Crippen LogP contribution in [0.5, 0.6) is 0 Å². The van der Waals surface area contributed by atoms with E-state index in [1.165, 1.54) is 6.07 Å². The number of hydrogen-bond donors (Lipinski definition) is 1. The molecule has 1 saturated carbocycles. The molecule has 3 rings (SSSR count). The largest absolute Gasteiger partial charge is 0.384 e. The maximum Gasteiger partial charge on any atom is 0.242 e. The monoisotopic (exact) mass is 379 g/mol. The SMILES string of the molecule is COC[C@@H]1[C@H](NS(=O)(=O)c2ccc(Cl)c(C)c2Cl)[C@@H]2CCO[C@H]12. The van der Waals surface area contributed by atoms with Crippen LogP contribution in [0, 0.1) is 18.8 Å². The molecule has 0 spiro atoms. The summed E-state index contributed by atoms with van der Waals surface area (Å²) in [4.78, 5) is 0.0552. The van der Waals surface area contributed by atoms with Crippen LogP contribution < -0.4 is 4.72 Å². The highest BCUT2D eigenvalue weighted by molar-refractivity contribution is 7.89. The van der Waals surface area contributed by atoms with Crippen molar-refractivity contribution in [2.75, 3.05) is 20.3 Å². The molecular weight excluding hydrogens is 361 g/mol. The van der Waals surface area contributed by atoms with Gasteiger partial charge in [0, 0.05) is 36.6 Å². The molecule has 1 saturated heterocycles. The van der Waals surface area contributed by atoms with E-state index in [1.54, 1.807) is 20.1 Å². The predicted octanol–water partition coefficient (Wildman–Crippen LogP) is 2.63. The van der Waals surface area contributed by atoms with Gasteiger partial charge in [0.2, 0.25) is 10.0 Å². The first kappa shape index (κ1) is 17.5. The van der Waals surface area contributed by atoms with Crippen molar-refractivity contribution in [1.82, 2.24) is 4.72 Å². The normalized spacial score (nSPS) is 30.1. The van der Waals surface area contributed by atoms with Crippen LogP contribution in [0.3, 0.4) is 0 Å². The molecule has 1 aromatic carbocycles. The van der Waals surface area contributed by atoms with Gasteiger partial charge in [0.05, 0.1) is 17.7 Å². The summed E-state index contributed by atoms with van der Waals surface area (Å²) in [7, 11) is -2.13. The van der Waals surface area contributed by atoms with Crippen LogP contribution in [0.4, 0.5) is 0 Å². The Kier molecular flexibility index (Phi) is 4.93. The number of nitrogens with one attached hydrogen (secondary N) is 1. The Balaban J connectivity index is 1.85. The highest BCUT2D eigenvalue weighted by atomic mass is 35.5. The van der Waals surface area contributed by atoms with E-state index in [1.807, 2.05) is 0 Å². The van der Waals surface area contributed by atoms with Crippen LogP contribution in [0.15, 0.2) is 17.0 Å². The second-order valence-electron chi connectivity index (χ2n) is 6.04. The van der Waals surface area contributed by atoms with E-state index in [4.69, 9.17) is 32.7 Å². The maximum atomic E-state index is 12.7. The lowest BCUT2D eigenvalue weighted by Gasteiger charge is -2.47. The highest BCUT2D eigenvalue weighted by Gasteiger charge is 2.55. The van der Waals surface area contributed by atoms with E-state index in [0.29, 0.717) is 23.8 Å². The first-order valence-electron chi connectivity index (χ1n) is 7.44. The van der Waals surface area contributed by atoms with Crippen molar-refractivity contribution in [3.8, 4) is 0 Å². The van der Waals surface area contributed by atoms with Crippen molar-refractivity contribution in [1.29, 1.82) is 0 Å². The molecule has 0 amide bonds. The fraction of sp³-hybridized carbons (Fsp3) is 0.600. The smallest absolute Gasteiger partial charge is 0.242 e. The first-order valence-corrected chi connectivity index (χ1v) is 9.68. The number of benzene rings is 1. The van der Waals surface area contributed by atoms with Crippen LogP contribution in [0.1, 0.15) is 12.0 Å². The molecular formula is C15H19Cl2NO4S. The molecule has 128 valence electrons. The molecule has 1 N–H and O–H groups in total. The Hall–Kier alpha value is -0.370. The molecule has 23 heavy (non-hydrogen) atoms. The van der Waals surface area contributed by atoms with E-state index in [-0.39, 0.29) is 33.9 Å². The maximum absolute atomic E-state index is 12.7. The van der Waals surface area contributed by atoms with Crippen molar-refractivity contribution < 1.29 is 17.9 Å². The second-order valence-corrected chi connectivity index (χ2v) is 8.51. The molecule has 0 unspecified atom stereocenters. The van der Waals surface area contributed by atoms with E-state index in [0.717, 1.165) is 6.42 Å². The molecule has 8 heteroatoms. The first-order chi connectivity index (χ1) is 10.9. The minimum atomic E-state index is -3.73. The molecule has 0 bridgehead atoms. The molecule has 1 aliphatic heterocycles. The fourth-order valence-corrected chi connectivity index (χ4v) is 5.63. The van der Waals surface area contributed by atoms with E-state index >= 15 is 0 Å². The summed E-state index contributed by atoms with van der Waals surface area (Å²) in [5.41, 5.74) is 0.556. The summed E-state index contributed by atoms with van der Waals surface area (Å²) in [5, 5.41) is 0.603. The number of hydrogen-bond acceptors (Lipinski definition) is 4. The van der Waals surface area contributed by atoms with Crippen LogP contribution in [-0.2, 0) is 19.5 Å². The summed E-state index contributed by atoms with van der Waals surface area (Å²) in [5.74, 6) is 0.214. The van der Waals surface area contributed by atoms with E-state index in [9.17, 15) is 8.42 Å². The van der Waals surface area contributed by atoms with Gasteiger partial charge >= 0.3 is 0 Å². The quantitative estimate of drug-likeness (QED) is 0.853. The van der Waals surface area contributed by atoms with Crippen molar-refractivity contribution in [2.24, 2.45) is 11.8 Å².